The summed E-state index contributed by atoms with van der Waals surface area (Å²) in [5.41, 5.74) is 8.79. The highest BCUT2D eigenvalue weighted by molar-refractivity contribution is 7.89. The van der Waals surface area contributed by atoms with Crippen molar-refractivity contribution < 1.29 is 13.2 Å². The summed E-state index contributed by atoms with van der Waals surface area (Å²) in [4.78, 5) is 2.50. The van der Waals surface area contributed by atoms with Crippen molar-refractivity contribution in [3.63, 3.8) is 0 Å². The maximum absolute atomic E-state index is 11.2. The second-order valence-electron chi connectivity index (χ2n) is 2.92. The summed E-state index contributed by atoms with van der Waals surface area (Å²) < 4.78 is 27.2. The molecule has 1 rings (SSSR count). The summed E-state index contributed by atoms with van der Waals surface area (Å²) >= 11 is 0. The average Bonchev–Trinajstić information content (AvgIpc) is 2.24. The second-order valence-corrected chi connectivity index (χ2v) is 4.45. The predicted molar refractivity (Wildman–Crippen MR) is 57.2 cm³/mol. The number of azide groups is 1. The second kappa shape index (κ2) is 4.84. The van der Waals surface area contributed by atoms with Crippen LogP contribution >= 0.6 is 0 Å². The molecule has 0 unspecified atom stereocenters. The largest absolute Gasteiger partial charge is 0.495 e. The first-order valence-corrected chi connectivity index (χ1v) is 5.74. The Morgan fingerprint density at radius 3 is 2.75 bits per heavy atom. The average molecular weight is 242 g/mol. The normalized spacial score (nSPS) is 10.6. The number of rotatable bonds is 4. The molecule has 7 nitrogen and oxygen atoms in total. The van der Waals surface area contributed by atoms with Crippen LogP contribution in [0.3, 0.4) is 0 Å². The van der Waals surface area contributed by atoms with E-state index in [1.165, 1.54) is 25.3 Å². The molecule has 8 heteroatoms. The Labute approximate surface area is 92.5 Å². The molecule has 16 heavy (non-hydrogen) atoms. The number of benzene rings is 1. The molecule has 1 aromatic rings. The highest BCUT2D eigenvalue weighted by atomic mass is 32.2. The molecule has 86 valence electrons. The summed E-state index contributed by atoms with van der Waals surface area (Å²) in [6.07, 6.45) is 0. The lowest BCUT2D eigenvalue weighted by atomic mass is 10.2. The van der Waals surface area contributed by atoms with Gasteiger partial charge < -0.3 is 4.74 Å². The van der Waals surface area contributed by atoms with Crippen LogP contribution in [0.5, 0.6) is 5.75 Å². The zero-order valence-corrected chi connectivity index (χ0v) is 9.31. The summed E-state index contributed by atoms with van der Waals surface area (Å²) in [5.74, 6) is 0.133. The SMILES string of the molecule is COc1cc(CN=[N+]=[N-])ccc1S(N)(=O)=O. The van der Waals surface area contributed by atoms with Crippen LogP contribution in [0, 0.1) is 0 Å². The molecule has 0 aliphatic heterocycles. The molecule has 0 radical (unpaired) electrons. The minimum absolute atomic E-state index is 0.0975. The van der Waals surface area contributed by atoms with Gasteiger partial charge in [0.2, 0.25) is 10.0 Å². The number of ether oxygens (including phenoxy) is 1. The maximum Gasteiger partial charge on any atom is 0.241 e. The molecule has 0 aromatic heterocycles. The Balaban J connectivity index is 3.22. The van der Waals surface area contributed by atoms with E-state index in [0.29, 0.717) is 5.56 Å². The van der Waals surface area contributed by atoms with Crippen LogP contribution in [0.25, 0.3) is 10.4 Å². The van der Waals surface area contributed by atoms with Crippen LogP contribution in [0.4, 0.5) is 0 Å². The van der Waals surface area contributed by atoms with E-state index < -0.39 is 10.0 Å². The molecule has 0 aliphatic carbocycles. The number of primary sulfonamides is 1. The topological polar surface area (TPSA) is 118 Å². The molecule has 0 fully saturated rings. The van der Waals surface area contributed by atoms with E-state index in [2.05, 4.69) is 10.0 Å². The summed E-state index contributed by atoms with van der Waals surface area (Å²) in [7, 11) is -2.48. The van der Waals surface area contributed by atoms with Gasteiger partial charge >= 0.3 is 0 Å². The van der Waals surface area contributed by atoms with E-state index in [9.17, 15) is 8.42 Å². The van der Waals surface area contributed by atoms with Crippen LogP contribution in [0.1, 0.15) is 5.56 Å². The van der Waals surface area contributed by atoms with E-state index in [1.54, 1.807) is 0 Å². The fourth-order valence-corrected chi connectivity index (χ4v) is 1.84. The van der Waals surface area contributed by atoms with Crippen LogP contribution in [0.2, 0.25) is 0 Å². The molecule has 0 saturated carbocycles. The van der Waals surface area contributed by atoms with Gasteiger partial charge in [-0.15, -0.1) is 0 Å². The zero-order valence-electron chi connectivity index (χ0n) is 8.49. The smallest absolute Gasteiger partial charge is 0.241 e. The monoisotopic (exact) mass is 242 g/mol. The van der Waals surface area contributed by atoms with Gasteiger partial charge in [0, 0.05) is 4.91 Å². The molecule has 0 spiro atoms. The van der Waals surface area contributed by atoms with Gasteiger partial charge in [-0.3, -0.25) is 0 Å². The van der Waals surface area contributed by atoms with Crippen molar-refractivity contribution in [2.75, 3.05) is 7.11 Å². The Bertz CT molecular complexity index is 534. The van der Waals surface area contributed by atoms with E-state index in [4.69, 9.17) is 15.4 Å². The molecule has 0 saturated heterocycles. The molecule has 0 aliphatic rings. The van der Waals surface area contributed by atoms with E-state index in [-0.39, 0.29) is 17.2 Å². The highest BCUT2D eigenvalue weighted by Crippen LogP contribution is 2.24. The number of sulfonamides is 1. The number of methoxy groups -OCH3 is 1. The standard InChI is InChI=1S/C8H10N4O3S/c1-15-7-4-6(5-11-12-9)2-3-8(7)16(10,13)14/h2-4H,5H2,1H3,(H2,10,13,14). The lowest BCUT2D eigenvalue weighted by Crippen LogP contribution is -2.13. The van der Waals surface area contributed by atoms with Crippen LogP contribution in [-0.4, -0.2) is 15.5 Å². The number of hydrogen-bond acceptors (Lipinski definition) is 4. The summed E-state index contributed by atoms with van der Waals surface area (Å²) in [5, 5.41) is 8.35. The van der Waals surface area contributed by atoms with Crippen molar-refractivity contribution in [1.82, 2.24) is 0 Å². The third kappa shape index (κ3) is 2.86. The van der Waals surface area contributed by atoms with Crippen molar-refractivity contribution in [3.05, 3.63) is 34.2 Å². The molecular formula is C8H10N4O3S. The van der Waals surface area contributed by atoms with Gasteiger partial charge in [0.1, 0.15) is 10.6 Å². The fourth-order valence-electron chi connectivity index (χ4n) is 1.16. The van der Waals surface area contributed by atoms with Crippen molar-refractivity contribution >= 4 is 10.0 Å². The molecule has 2 N–H and O–H groups in total. The van der Waals surface area contributed by atoms with Gasteiger partial charge in [0.05, 0.1) is 13.7 Å². The van der Waals surface area contributed by atoms with Gasteiger partial charge in [-0.05, 0) is 23.2 Å². The summed E-state index contributed by atoms with van der Waals surface area (Å²) in [6, 6.07) is 4.29. The molecule has 0 atom stereocenters. The maximum atomic E-state index is 11.2. The minimum atomic E-state index is -3.81. The Kier molecular flexibility index (Phi) is 3.73. The molecule has 0 heterocycles. The van der Waals surface area contributed by atoms with Gasteiger partial charge in [-0.25, -0.2) is 13.6 Å². The van der Waals surface area contributed by atoms with Gasteiger partial charge in [-0.1, -0.05) is 11.2 Å². The van der Waals surface area contributed by atoms with Crippen molar-refractivity contribution in [2.24, 2.45) is 10.3 Å². The Hall–Kier alpha value is -1.76. The van der Waals surface area contributed by atoms with Gasteiger partial charge in [-0.2, -0.15) is 0 Å². The Morgan fingerprint density at radius 2 is 2.25 bits per heavy atom. The Morgan fingerprint density at radius 1 is 1.56 bits per heavy atom. The lowest BCUT2D eigenvalue weighted by molar-refractivity contribution is 0.402. The van der Waals surface area contributed by atoms with Crippen molar-refractivity contribution in [1.29, 1.82) is 0 Å². The van der Waals surface area contributed by atoms with Crippen LogP contribution < -0.4 is 9.88 Å². The first kappa shape index (κ1) is 12.3. The number of nitrogens with zero attached hydrogens (tertiary/aromatic N) is 3. The minimum Gasteiger partial charge on any atom is -0.495 e. The van der Waals surface area contributed by atoms with Crippen LogP contribution in [-0.2, 0) is 16.6 Å². The van der Waals surface area contributed by atoms with E-state index in [1.807, 2.05) is 0 Å². The lowest BCUT2D eigenvalue weighted by Gasteiger charge is -2.07. The quantitative estimate of drug-likeness (QED) is 0.484. The van der Waals surface area contributed by atoms with Crippen LogP contribution in [0.15, 0.2) is 28.2 Å². The molecule has 0 bridgehead atoms. The molecular weight excluding hydrogens is 232 g/mol. The third-order valence-electron chi connectivity index (χ3n) is 1.85. The van der Waals surface area contributed by atoms with Crippen molar-refractivity contribution in [2.45, 2.75) is 11.4 Å². The first-order chi connectivity index (χ1) is 7.49. The fraction of sp³-hybridized carbons (Fsp3) is 0.250. The highest BCUT2D eigenvalue weighted by Gasteiger charge is 2.14. The van der Waals surface area contributed by atoms with Gasteiger partial charge in [0.15, 0.2) is 0 Å². The summed E-state index contributed by atoms with van der Waals surface area (Å²) in [6.45, 7) is 0.123. The predicted octanol–water partition coefficient (Wildman–Crippen LogP) is 1.15. The van der Waals surface area contributed by atoms with Crippen molar-refractivity contribution in [3.8, 4) is 5.75 Å². The number of hydrogen-bond donors (Lipinski definition) is 1. The van der Waals surface area contributed by atoms with Gasteiger partial charge in [0.25, 0.3) is 0 Å². The first-order valence-electron chi connectivity index (χ1n) is 4.19. The molecule has 1 aromatic carbocycles. The number of nitrogens with two attached hydrogens (primary N) is 1. The zero-order chi connectivity index (χ0) is 12.2. The van der Waals surface area contributed by atoms with E-state index >= 15 is 0 Å². The third-order valence-corrected chi connectivity index (χ3v) is 2.80. The molecule has 0 amide bonds. The van der Waals surface area contributed by atoms with E-state index in [0.717, 1.165) is 0 Å².